The van der Waals surface area contributed by atoms with Gasteiger partial charge in [-0.25, -0.2) is 0 Å². The first-order chi connectivity index (χ1) is 10.4. The van der Waals surface area contributed by atoms with Crippen molar-refractivity contribution in [1.29, 1.82) is 0 Å². The Morgan fingerprint density at radius 3 is 1.23 bits per heavy atom. The molecular weight excluding hydrogens is 284 g/mol. The highest BCUT2D eigenvalue weighted by atomic mass is 28.4. The molecule has 0 aromatic carbocycles. The fourth-order valence-corrected chi connectivity index (χ4v) is 6.80. The Kier molecular flexibility index (Phi) is 13.7. The van der Waals surface area contributed by atoms with Gasteiger partial charge in [-0.3, -0.25) is 0 Å². The molecule has 0 aliphatic rings. The largest absolute Gasteiger partial charge is 0.431 e. The number of rotatable bonds is 15. The van der Waals surface area contributed by atoms with E-state index in [0.717, 1.165) is 6.04 Å². The van der Waals surface area contributed by atoms with Crippen LogP contribution in [0.2, 0.25) is 17.1 Å². The Balaban J connectivity index is 3.43. The Hall–Kier alpha value is 0.177. The van der Waals surface area contributed by atoms with Crippen LogP contribution in [0.5, 0.6) is 0 Å². The summed E-state index contributed by atoms with van der Waals surface area (Å²) in [5.74, 6) is 0. The molecule has 0 atom stereocenters. The zero-order chi connectivity index (χ0) is 16.8. The van der Waals surface area contributed by atoms with E-state index in [9.17, 15) is 4.80 Å². The van der Waals surface area contributed by atoms with E-state index in [-0.39, 0.29) is 0 Å². The van der Waals surface area contributed by atoms with Crippen LogP contribution in [-0.2, 0) is 0 Å². The maximum Gasteiger partial charge on any atom is 0.193 e. The third kappa shape index (κ3) is 10.0. The summed E-state index contributed by atoms with van der Waals surface area (Å²) in [5.41, 5.74) is 1.00. The summed E-state index contributed by atoms with van der Waals surface area (Å²) < 4.78 is 0. The SMILES string of the molecule is CCCCCCCCCCCCCC[Si](O)(C(C)C)C(C)C. The predicted octanol–water partition coefficient (Wildman–Crippen LogP) is 7.45. The van der Waals surface area contributed by atoms with Crippen LogP contribution in [0.25, 0.3) is 0 Å². The fourth-order valence-electron chi connectivity index (χ4n) is 3.49. The monoisotopic (exact) mass is 328 g/mol. The molecule has 0 spiro atoms. The van der Waals surface area contributed by atoms with Crippen LogP contribution >= 0.6 is 0 Å². The second-order valence-electron chi connectivity index (χ2n) is 7.94. The Labute approximate surface area is 142 Å². The van der Waals surface area contributed by atoms with Gasteiger partial charge in [-0.2, -0.15) is 0 Å². The second kappa shape index (κ2) is 13.6. The number of hydrogen-bond donors (Lipinski definition) is 1. The normalized spacial score (nSPS) is 12.5. The zero-order valence-corrected chi connectivity index (χ0v) is 17.3. The van der Waals surface area contributed by atoms with Crippen LogP contribution < -0.4 is 0 Å². The Bertz CT molecular complexity index is 230. The van der Waals surface area contributed by atoms with Crippen molar-refractivity contribution in [3.63, 3.8) is 0 Å². The fraction of sp³-hybridized carbons (Fsp3) is 1.00. The molecule has 0 aromatic heterocycles. The van der Waals surface area contributed by atoms with E-state index in [1.807, 2.05) is 0 Å². The van der Waals surface area contributed by atoms with Gasteiger partial charge in [0.25, 0.3) is 0 Å². The summed E-state index contributed by atoms with van der Waals surface area (Å²) in [5, 5.41) is 0. The maximum absolute atomic E-state index is 10.9. The molecule has 1 N–H and O–H groups in total. The molecule has 0 aliphatic heterocycles. The van der Waals surface area contributed by atoms with E-state index in [4.69, 9.17) is 0 Å². The number of hydrogen-bond acceptors (Lipinski definition) is 1. The van der Waals surface area contributed by atoms with Crippen LogP contribution in [0.1, 0.15) is 112 Å². The molecule has 134 valence electrons. The van der Waals surface area contributed by atoms with Crippen LogP contribution in [0.15, 0.2) is 0 Å². The van der Waals surface area contributed by atoms with Gasteiger partial charge in [-0.05, 0) is 17.1 Å². The van der Waals surface area contributed by atoms with Crippen molar-refractivity contribution in [1.82, 2.24) is 0 Å². The maximum atomic E-state index is 10.9. The molecule has 0 amide bonds. The molecule has 1 nitrogen and oxygen atoms in total. The van der Waals surface area contributed by atoms with Gasteiger partial charge >= 0.3 is 0 Å². The van der Waals surface area contributed by atoms with Gasteiger partial charge in [-0.15, -0.1) is 0 Å². The minimum absolute atomic E-state index is 0.500. The molecule has 0 radical (unpaired) electrons. The van der Waals surface area contributed by atoms with Crippen molar-refractivity contribution < 1.29 is 4.80 Å². The van der Waals surface area contributed by atoms with Crippen LogP contribution in [0.4, 0.5) is 0 Å². The van der Waals surface area contributed by atoms with Crippen LogP contribution in [-0.4, -0.2) is 13.1 Å². The molecule has 0 heterocycles. The van der Waals surface area contributed by atoms with Crippen molar-refractivity contribution in [3.05, 3.63) is 0 Å². The van der Waals surface area contributed by atoms with Gasteiger partial charge in [0, 0.05) is 0 Å². The third-order valence-corrected chi connectivity index (χ3v) is 10.6. The average molecular weight is 329 g/mol. The summed E-state index contributed by atoms with van der Waals surface area (Å²) >= 11 is 0. The van der Waals surface area contributed by atoms with E-state index >= 15 is 0 Å². The Morgan fingerprint density at radius 2 is 0.909 bits per heavy atom. The molecule has 0 rings (SSSR count). The minimum atomic E-state index is -2.00. The summed E-state index contributed by atoms with van der Waals surface area (Å²) in [6, 6.07) is 1.11. The quantitative estimate of drug-likeness (QED) is 0.244. The first-order valence-corrected chi connectivity index (χ1v) is 12.5. The van der Waals surface area contributed by atoms with E-state index in [1.54, 1.807) is 0 Å². The van der Waals surface area contributed by atoms with Gasteiger partial charge in [0.15, 0.2) is 8.32 Å². The summed E-state index contributed by atoms with van der Waals surface area (Å²) in [6.45, 7) is 11.1. The molecule has 0 aliphatic carbocycles. The molecule has 0 bridgehead atoms. The molecule has 2 heteroatoms. The lowest BCUT2D eigenvalue weighted by Crippen LogP contribution is -2.41. The zero-order valence-electron chi connectivity index (χ0n) is 16.3. The standard InChI is InChI=1S/C20H44OSi/c1-6-7-8-9-10-11-12-13-14-15-16-17-18-22(21,19(2)3)20(4)5/h19-21H,6-18H2,1-5H3. The third-order valence-electron chi connectivity index (χ3n) is 5.43. The first kappa shape index (κ1) is 22.2. The van der Waals surface area contributed by atoms with Crippen LogP contribution in [0, 0.1) is 0 Å². The highest BCUT2D eigenvalue weighted by molar-refractivity contribution is 6.75. The van der Waals surface area contributed by atoms with Crippen molar-refractivity contribution in [2.24, 2.45) is 0 Å². The van der Waals surface area contributed by atoms with Crippen molar-refractivity contribution in [2.75, 3.05) is 0 Å². The molecule has 0 saturated carbocycles. The van der Waals surface area contributed by atoms with Gasteiger partial charge < -0.3 is 4.80 Å². The average Bonchev–Trinajstić information content (AvgIpc) is 2.47. The highest BCUT2D eigenvalue weighted by Gasteiger charge is 2.37. The van der Waals surface area contributed by atoms with Crippen LogP contribution in [0.3, 0.4) is 0 Å². The van der Waals surface area contributed by atoms with Crippen molar-refractivity contribution in [3.8, 4) is 0 Å². The van der Waals surface area contributed by atoms with Gasteiger partial charge in [-0.1, -0.05) is 112 Å². The molecule has 0 fully saturated rings. The lowest BCUT2D eigenvalue weighted by Gasteiger charge is -2.33. The van der Waals surface area contributed by atoms with Gasteiger partial charge in [0.1, 0.15) is 0 Å². The molecule has 0 aromatic rings. The van der Waals surface area contributed by atoms with Crippen molar-refractivity contribution in [2.45, 2.75) is 129 Å². The minimum Gasteiger partial charge on any atom is -0.431 e. The predicted molar refractivity (Wildman–Crippen MR) is 104 cm³/mol. The molecule has 0 saturated heterocycles. The topological polar surface area (TPSA) is 20.2 Å². The number of unbranched alkanes of at least 4 members (excludes halogenated alkanes) is 11. The van der Waals surface area contributed by atoms with E-state index < -0.39 is 8.32 Å². The van der Waals surface area contributed by atoms with E-state index in [1.165, 1.54) is 77.0 Å². The smallest absolute Gasteiger partial charge is 0.193 e. The van der Waals surface area contributed by atoms with E-state index in [2.05, 4.69) is 34.6 Å². The molecular formula is C20H44OSi. The van der Waals surface area contributed by atoms with Gasteiger partial charge in [0.2, 0.25) is 0 Å². The van der Waals surface area contributed by atoms with Gasteiger partial charge in [0.05, 0.1) is 0 Å². The molecule has 22 heavy (non-hydrogen) atoms. The lowest BCUT2D eigenvalue weighted by molar-refractivity contribution is 0.480. The first-order valence-electron chi connectivity index (χ1n) is 10.2. The highest BCUT2D eigenvalue weighted by Crippen LogP contribution is 2.34. The second-order valence-corrected chi connectivity index (χ2v) is 12.7. The van der Waals surface area contributed by atoms with E-state index in [0.29, 0.717) is 11.1 Å². The summed E-state index contributed by atoms with van der Waals surface area (Å²) in [6.07, 6.45) is 16.7. The van der Waals surface area contributed by atoms with Crippen molar-refractivity contribution >= 4 is 8.32 Å². The lowest BCUT2D eigenvalue weighted by atomic mass is 10.1. The molecule has 0 unspecified atom stereocenters. The summed E-state index contributed by atoms with van der Waals surface area (Å²) in [7, 11) is -2.00. The summed E-state index contributed by atoms with van der Waals surface area (Å²) in [4.78, 5) is 10.9. The Morgan fingerprint density at radius 1 is 0.591 bits per heavy atom.